The molecule has 0 spiro atoms. The molecule has 0 aliphatic heterocycles. The predicted molar refractivity (Wildman–Crippen MR) is 133 cm³/mol. The number of hydrogen-bond donors (Lipinski definition) is 2. The highest BCUT2D eigenvalue weighted by atomic mass is 35.5. The quantitative estimate of drug-likeness (QED) is 0.212. The average Bonchev–Trinajstić information content (AvgIpc) is 3.34. The summed E-state index contributed by atoms with van der Waals surface area (Å²) in [5.41, 5.74) is 4.54. The van der Waals surface area contributed by atoms with Gasteiger partial charge in [0, 0.05) is 16.1 Å². The summed E-state index contributed by atoms with van der Waals surface area (Å²) in [7, 11) is 0. The van der Waals surface area contributed by atoms with Gasteiger partial charge in [-0.2, -0.15) is 5.10 Å². The molecule has 0 aliphatic carbocycles. The molecule has 4 rings (SSSR count). The second-order valence-electron chi connectivity index (χ2n) is 7.20. The van der Waals surface area contributed by atoms with Gasteiger partial charge in [0.1, 0.15) is 17.2 Å². The third kappa shape index (κ3) is 6.09. The van der Waals surface area contributed by atoms with Crippen LogP contribution in [0.3, 0.4) is 0 Å². The van der Waals surface area contributed by atoms with Crippen molar-refractivity contribution in [1.29, 1.82) is 0 Å². The molecule has 2 N–H and O–H groups in total. The topological polar surface area (TPSA) is 83.7 Å². The Morgan fingerprint density at radius 3 is 2.21 bits per heavy atom. The van der Waals surface area contributed by atoms with E-state index >= 15 is 0 Å². The van der Waals surface area contributed by atoms with Crippen molar-refractivity contribution < 1.29 is 14.0 Å². The Kier molecular flexibility index (Phi) is 7.32. The van der Waals surface area contributed by atoms with Crippen LogP contribution < -0.4 is 10.7 Å². The number of benzene rings is 3. The van der Waals surface area contributed by atoms with Crippen LogP contribution in [0.4, 0.5) is 0 Å². The first kappa shape index (κ1) is 22.8. The van der Waals surface area contributed by atoms with Crippen LogP contribution in [0.5, 0.6) is 0 Å². The van der Waals surface area contributed by atoms with E-state index in [1.807, 2.05) is 48.5 Å². The minimum Gasteiger partial charge on any atom is -0.455 e. The molecule has 34 heavy (non-hydrogen) atoms. The van der Waals surface area contributed by atoms with Gasteiger partial charge in [0.05, 0.1) is 6.21 Å². The lowest BCUT2D eigenvalue weighted by Gasteiger charge is -2.09. The fraction of sp³-hybridized carbons (Fsp3) is 0. The molecule has 0 aliphatic rings. The van der Waals surface area contributed by atoms with Crippen molar-refractivity contribution in [1.82, 2.24) is 10.7 Å². The largest absolute Gasteiger partial charge is 0.455 e. The molecule has 1 heterocycles. The van der Waals surface area contributed by atoms with Gasteiger partial charge in [0.25, 0.3) is 11.8 Å². The van der Waals surface area contributed by atoms with E-state index in [2.05, 4.69) is 15.8 Å². The molecule has 168 valence electrons. The Balaban J connectivity index is 1.47. The fourth-order valence-electron chi connectivity index (χ4n) is 3.06. The van der Waals surface area contributed by atoms with Crippen molar-refractivity contribution in [3.63, 3.8) is 0 Å². The summed E-state index contributed by atoms with van der Waals surface area (Å²) in [6.07, 6.45) is 2.97. The van der Waals surface area contributed by atoms with Crippen molar-refractivity contribution in [3.8, 4) is 11.3 Å². The van der Waals surface area contributed by atoms with Crippen LogP contribution in [0.1, 0.15) is 21.7 Å². The third-order valence-corrected chi connectivity index (χ3v) is 5.00. The Hall–Kier alpha value is -4.42. The zero-order chi connectivity index (χ0) is 23.8. The molecule has 4 aromatic rings. The normalized spacial score (nSPS) is 11.4. The number of carbonyl (C=O) groups excluding carboxylic acids is 2. The maximum Gasteiger partial charge on any atom is 0.287 e. The number of furan rings is 1. The first-order chi connectivity index (χ1) is 16.6. The Labute approximate surface area is 201 Å². The standard InChI is InChI=1S/C27H20ClN3O3/c28-22-13-11-20(12-14-22)25-16-15-23(34-25)18-29-31-27(33)24(17-19-7-3-1-4-8-19)30-26(32)21-9-5-2-6-10-21/h1-18H,(H,30,32)(H,31,33)/b24-17-,29-18+. The van der Waals surface area contributed by atoms with E-state index < -0.39 is 11.8 Å². The zero-order valence-corrected chi connectivity index (χ0v) is 18.7. The minimum atomic E-state index is -0.575. The van der Waals surface area contributed by atoms with Gasteiger partial charge in [0.15, 0.2) is 0 Å². The van der Waals surface area contributed by atoms with Crippen molar-refractivity contribution in [2.45, 2.75) is 0 Å². The van der Waals surface area contributed by atoms with E-state index in [-0.39, 0.29) is 5.70 Å². The predicted octanol–water partition coefficient (Wildman–Crippen LogP) is 5.52. The summed E-state index contributed by atoms with van der Waals surface area (Å²) < 4.78 is 5.74. The average molecular weight is 470 g/mol. The number of carbonyl (C=O) groups is 2. The maximum absolute atomic E-state index is 12.8. The summed E-state index contributed by atoms with van der Waals surface area (Å²) in [6, 6.07) is 28.6. The van der Waals surface area contributed by atoms with Crippen LogP contribution in [0.2, 0.25) is 5.02 Å². The first-order valence-electron chi connectivity index (χ1n) is 10.4. The molecule has 0 saturated heterocycles. The van der Waals surface area contributed by atoms with E-state index in [4.69, 9.17) is 16.0 Å². The van der Waals surface area contributed by atoms with Gasteiger partial charge < -0.3 is 9.73 Å². The number of hydrogen-bond acceptors (Lipinski definition) is 4. The Morgan fingerprint density at radius 2 is 1.50 bits per heavy atom. The molecule has 0 atom stereocenters. The minimum absolute atomic E-state index is 0.0542. The van der Waals surface area contributed by atoms with Crippen LogP contribution in [0.25, 0.3) is 17.4 Å². The van der Waals surface area contributed by atoms with Gasteiger partial charge >= 0.3 is 0 Å². The lowest BCUT2D eigenvalue weighted by Crippen LogP contribution is -2.32. The van der Waals surface area contributed by atoms with E-state index in [9.17, 15) is 9.59 Å². The Morgan fingerprint density at radius 1 is 0.824 bits per heavy atom. The third-order valence-electron chi connectivity index (χ3n) is 4.75. The van der Waals surface area contributed by atoms with Gasteiger partial charge in [-0.25, -0.2) is 5.43 Å². The smallest absolute Gasteiger partial charge is 0.287 e. The van der Waals surface area contributed by atoms with Gasteiger partial charge in [-0.05, 0) is 60.2 Å². The summed E-state index contributed by atoms with van der Waals surface area (Å²) in [6.45, 7) is 0. The lowest BCUT2D eigenvalue weighted by molar-refractivity contribution is -0.117. The maximum atomic E-state index is 12.8. The van der Waals surface area contributed by atoms with Gasteiger partial charge in [0.2, 0.25) is 0 Å². The van der Waals surface area contributed by atoms with Crippen LogP contribution in [0, 0.1) is 0 Å². The number of nitrogens with zero attached hydrogens (tertiary/aromatic N) is 1. The SMILES string of the molecule is O=C(N/N=C/c1ccc(-c2ccc(Cl)cc2)o1)/C(=C/c1ccccc1)NC(=O)c1ccccc1. The van der Waals surface area contributed by atoms with E-state index in [1.54, 1.807) is 54.6 Å². The van der Waals surface area contributed by atoms with Crippen molar-refractivity contribution in [3.05, 3.63) is 125 Å². The van der Waals surface area contributed by atoms with Gasteiger partial charge in [-0.15, -0.1) is 0 Å². The van der Waals surface area contributed by atoms with Crippen LogP contribution in [-0.2, 0) is 4.79 Å². The molecule has 0 fully saturated rings. The first-order valence-corrected chi connectivity index (χ1v) is 10.8. The summed E-state index contributed by atoms with van der Waals surface area (Å²) in [5, 5.41) is 7.27. The van der Waals surface area contributed by atoms with Crippen LogP contribution in [-0.4, -0.2) is 18.0 Å². The molecule has 2 amide bonds. The second-order valence-corrected chi connectivity index (χ2v) is 7.63. The molecule has 7 heteroatoms. The highest BCUT2D eigenvalue weighted by Gasteiger charge is 2.14. The summed E-state index contributed by atoms with van der Waals surface area (Å²) in [4.78, 5) is 25.4. The van der Waals surface area contributed by atoms with Crippen molar-refractivity contribution in [2.24, 2.45) is 5.10 Å². The molecule has 0 bridgehead atoms. The Bertz CT molecular complexity index is 1330. The molecule has 6 nitrogen and oxygen atoms in total. The fourth-order valence-corrected chi connectivity index (χ4v) is 3.19. The summed E-state index contributed by atoms with van der Waals surface area (Å²) in [5.74, 6) is 0.116. The zero-order valence-electron chi connectivity index (χ0n) is 17.9. The molecular formula is C27H20ClN3O3. The molecular weight excluding hydrogens is 450 g/mol. The summed E-state index contributed by atoms with van der Waals surface area (Å²) >= 11 is 5.92. The number of hydrazone groups is 1. The number of amides is 2. The van der Waals surface area contributed by atoms with Crippen molar-refractivity contribution in [2.75, 3.05) is 0 Å². The van der Waals surface area contributed by atoms with Gasteiger partial charge in [-0.3, -0.25) is 9.59 Å². The lowest BCUT2D eigenvalue weighted by atomic mass is 10.1. The van der Waals surface area contributed by atoms with Crippen LogP contribution in [0.15, 0.2) is 112 Å². The number of nitrogens with one attached hydrogen (secondary N) is 2. The van der Waals surface area contributed by atoms with Crippen LogP contribution >= 0.6 is 11.6 Å². The highest BCUT2D eigenvalue weighted by Crippen LogP contribution is 2.23. The molecule has 1 aromatic heterocycles. The number of rotatable bonds is 7. The van der Waals surface area contributed by atoms with E-state index in [0.29, 0.717) is 22.1 Å². The van der Waals surface area contributed by atoms with E-state index in [0.717, 1.165) is 11.1 Å². The molecule has 0 unspecified atom stereocenters. The molecule has 3 aromatic carbocycles. The molecule has 0 radical (unpaired) electrons. The van der Waals surface area contributed by atoms with E-state index in [1.165, 1.54) is 6.21 Å². The van der Waals surface area contributed by atoms with Crippen molar-refractivity contribution >= 4 is 35.7 Å². The monoisotopic (exact) mass is 469 g/mol. The highest BCUT2D eigenvalue weighted by molar-refractivity contribution is 6.30. The molecule has 0 saturated carbocycles. The van der Waals surface area contributed by atoms with Gasteiger partial charge in [-0.1, -0.05) is 60.1 Å². The second kappa shape index (κ2) is 10.9. The number of halogens is 1.